The van der Waals surface area contributed by atoms with Crippen LogP contribution >= 0.6 is 0 Å². The number of rotatable bonds is 4. The summed E-state index contributed by atoms with van der Waals surface area (Å²) >= 11 is 0. The Morgan fingerprint density at radius 2 is 2.00 bits per heavy atom. The van der Waals surface area contributed by atoms with Crippen molar-refractivity contribution in [1.82, 2.24) is 14.6 Å². The molecule has 0 aromatic carbocycles. The molecule has 3 fully saturated rings. The fraction of sp³-hybridized carbons (Fsp3) is 0.650. The van der Waals surface area contributed by atoms with Gasteiger partial charge in [0.1, 0.15) is 29.7 Å². The molecule has 1 saturated carbocycles. The highest BCUT2D eigenvalue weighted by Gasteiger charge is 2.92. The summed E-state index contributed by atoms with van der Waals surface area (Å²) in [6, 6.07) is 3.57. The number of ether oxygens (including phenoxy) is 5. The van der Waals surface area contributed by atoms with Gasteiger partial charge in [-0.05, 0) is 46.8 Å². The molecule has 5 rings (SSSR count). The molecular formula is C20H24F2N4O6. The van der Waals surface area contributed by atoms with E-state index < -0.39 is 53.5 Å². The monoisotopic (exact) mass is 454 g/mol. The average molecular weight is 454 g/mol. The third-order valence-corrected chi connectivity index (χ3v) is 6.37. The summed E-state index contributed by atoms with van der Waals surface area (Å²) in [6.45, 7) is 7.40. The lowest BCUT2D eigenvalue weighted by atomic mass is 10.0. The van der Waals surface area contributed by atoms with E-state index in [1.807, 2.05) is 0 Å². The molecule has 1 unspecified atom stereocenters. The van der Waals surface area contributed by atoms with Crippen LogP contribution in [0.25, 0.3) is 5.52 Å². The zero-order chi connectivity index (χ0) is 23.3. The van der Waals surface area contributed by atoms with Crippen LogP contribution in [0.1, 0.15) is 46.4 Å². The molecule has 2 aromatic heterocycles. The van der Waals surface area contributed by atoms with Crippen molar-refractivity contribution >= 4 is 17.5 Å². The molecule has 3 aliphatic rings. The van der Waals surface area contributed by atoms with Crippen LogP contribution in [-0.2, 0) is 23.7 Å². The Hall–Kier alpha value is -2.57. The van der Waals surface area contributed by atoms with Crippen LogP contribution < -0.4 is 5.73 Å². The van der Waals surface area contributed by atoms with E-state index in [9.17, 15) is 13.6 Å². The standard InChI is InChI=1S/C20H24F2N4O6/c1-17(2,15(21)22)31-16(27)28-14-19(5)20(14)12(30-18(3,4)32-20)11(29-19)9-6-7-10-13(23)24-8-25-26(9)10/h6-8,11-12,14-15H,1-5H3,(H2,23,24,25)/t11-,12-,14?,19+,20+/m0/s1. The van der Waals surface area contributed by atoms with Gasteiger partial charge in [0.05, 0.1) is 5.69 Å². The van der Waals surface area contributed by atoms with E-state index in [1.54, 1.807) is 37.4 Å². The van der Waals surface area contributed by atoms with Crippen LogP contribution in [0.3, 0.4) is 0 Å². The van der Waals surface area contributed by atoms with Crippen molar-refractivity contribution in [1.29, 1.82) is 0 Å². The Kier molecular flexibility index (Phi) is 4.17. The van der Waals surface area contributed by atoms with Crippen molar-refractivity contribution in [2.45, 2.75) is 81.9 Å². The zero-order valence-electron chi connectivity index (χ0n) is 18.2. The van der Waals surface area contributed by atoms with E-state index >= 15 is 0 Å². The number of halogens is 2. The lowest BCUT2D eigenvalue weighted by molar-refractivity contribution is -0.186. The lowest BCUT2D eigenvalue weighted by Gasteiger charge is -2.26. The molecule has 174 valence electrons. The predicted molar refractivity (Wildman–Crippen MR) is 104 cm³/mol. The van der Waals surface area contributed by atoms with Gasteiger partial charge < -0.3 is 29.4 Å². The molecule has 0 amide bonds. The van der Waals surface area contributed by atoms with Gasteiger partial charge in [0.25, 0.3) is 6.43 Å². The van der Waals surface area contributed by atoms with Crippen LogP contribution in [0.15, 0.2) is 18.5 Å². The van der Waals surface area contributed by atoms with Crippen molar-refractivity contribution < 1.29 is 37.3 Å². The molecule has 2 N–H and O–H groups in total. The Morgan fingerprint density at radius 3 is 2.69 bits per heavy atom. The molecule has 2 aromatic rings. The molecule has 32 heavy (non-hydrogen) atoms. The number of nitrogens with zero attached hydrogens (tertiary/aromatic N) is 3. The minimum absolute atomic E-state index is 0.310. The summed E-state index contributed by atoms with van der Waals surface area (Å²) < 4.78 is 56.7. The minimum Gasteiger partial charge on any atom is -0.424 e. The Morgan fingerprint density at radius 1 is 1.28 bits per heavy atom. The third-order valence-electron chi connectivity index (χ3n) is 6.37. The Labute approximate surface area is 181 Å². The molecule has 2 saturated heterocycles. The van der Waals surface area contributed by atoms with Crippen molar-refractivity contribution in [3.05, 3.63) is 24.2 Å². The highest BCUT2D eigenvalue weighted by molar-refractivity contribution is 5.66. The Bertz CT molecular complexity index is 1110. The first-order chi connectivity index (χ1) is 14.8. The summed E-state index contributed by atoms with van der Waals surface area (Å²) in [7, 11) is 0. The van der Waals surface area contributed by atoms with Crippen molar-refractivity contribution in [3.63, 3.8) is 0 Å². The minimum atomic E-state index is -2.88. The summed E-state index contributed by atoms with van der Waals surface area (Å²) in [6.07, 6.45) is -4.97. The number of fused-ring (bicyclic) bond motifs is 1. The van der Waals surface area contributed by atoms with Crippen LogP contribution in [0.4, 0.5) is 19.4 Å². The third kappa shape index (κ3) is 2.69. The number of carbonyl (C=O) groups excluding carboxylic acids is 1. The molecule has 2 aliphatic heterocycles. The maximum Gasteiger partial charge on any atom is 0.509 e. The summed E-state index contributed by atoms with van der Waals surface area (Å²) in [4.78, 5) is 16.3. The van der Waals surface area contributed by atoms with E-state index in [1.165, 1.54) is 6.33 Å². The van der Waals surface area contributed by atoms with Gasteiger partial charge in [-0.1, -0.05) is 0 Å². The van der Waals surface area contributed by atoms with Gasteiger partial charge in [0, 0.05) is 0 Å². The van der Waals surface area contributed by atoms with E-state index in [0.717, 1.165) is 13.8 Å². The van der Waals surface area contributed by atoms with E-state index in [-0.39, 0.29) is 0 Å². The SMILES string of the molecule is CC1(C)O[C@H]2[C@H](c3ccc4c(N)ncnn34)O[C@]3(C)C(OC(=O)OC(C)(C)C(F)F)[C@]23O1. The molecule has 1 aliphatic carbocycles. The zero-order valence-corrected chi connectivity index (χ0v) is 18.2. The number of nitrogen functional groups attached to an aromatic ring is 1. The van der Waals surface area contributed by atoms with Gasteiger partial charge in [0.2, 0.25) is 0 Å². The van der Waals surface area contributed by atoms with Crippen molar-refractivity contribution in [3.8, 4) is 0 Å². The van der Waals surface area contributed by atoms with E-state index in [4.69, 9.17) is 29.4 Å². The highest BCUT2D eigenvalue weighted by atomic mass is 19.3. The highest BCUT2D eigenvalue weighted by Crippen LogP contribution is 2.71. The number of nitrogens with two attached hydrogens (primary N) is 1. The molecule has 0 radical (unpaired) electrons. The molecule has 12 heteroatoms. The second kappa shape index (κ2) is 6.27. The Balaban J connectivity index is 1.45. The number of carbonyl (C=O) groups is 1. The smallest absolute Gasteiger partial charge is 0.424 e. The number of anilines is 1. The predicted octanol–water partition coefficient (Wildman–Crippen LogP) is 2.61. The average Bonchev–Trinajstić information content (AvgIpc) is 3.07. The number of aromatic nitrogens is 3. The van der Waals surface area contributed by atoms with Gasteiger partial charge in [-0.25, -0.2) is 23.1 Å². The molecule has 0 bridgehead atoms. The number of hydrogen-bond acceptors (Lipinski definition) is 9. The number of hydrogen-bond donors (Lipinski definition) is 1. The van der Waals surface area contributed by atoms with Gasteiger partial charge in [-0.3, -0.25) is 0 Å². The van der Waals surface area contributed by atoms with Crippen LogP contribution in [0.5, 0.6) is 0 Å². The van der Waals surface area contributed by atoms with E-state index in [0.29, 0.717) is 17.0 Å². The summed E-state index contributed by atoms with van der Waals surface area (Å²) in [5, 5.41) is 4.25. The van der Waals surface area contributed by atoms with Gasteiger partial charge in [-0.2, -0.15) is 5.10 Å². The first-order valence-corrected chi connectivity index (χ1v) is 10.1. The topological polar surface area (TPSA) is 119 Å². The lowest BCUT2D eigenvalue weighted by Crippen LogP contribution is -2.38. The number of alkyl halides is 2. The van der Waals surface area contributed by atoms with Gasteiger partial charge in [0.15, 0.2) is 28.9 Å². The van der Waals surface area contributed by atoms with Crippen molar-refractivity contribution in [2.75, 3.05) is 5.73 Å². The molecule has 1 spiro atoms. The normalized spacial score (nSPS) is 35.1. The quantitative estimate of drug-likeness (QED) is 0.695. The van der Waals surface area contributed by atoms with Crippen molar-refractivity contribution in [2.24, 2.45) is 0 Å². The molecule has 4 heterocycles. The second-order valence-corrected chi connectivity index (χ2v) is 9.43. The fourth-order valence-electron chi connectivity index (χ4n) is 4.77. The fourth-order valence-corrected chi connectivity index (χ4v) is 4.77. The maximum absolute atomic E-state index is 13.1. The maximum atomic E-state index is 13.1. The van der Waals surface area contributed by atoms with Crippen LogP contribution in [-0.4, -0.2) is 62.0 Å². The van der Waals surface area contributed by atoms with Crippen LogP contribution in [0, 0.1) is 0 Å². The molecule has 5 atom stereocenters. The molecular weight excluding hydrogens is 430 g/mol. The van der Waals surface area contributed by atoms with Crippen LogP contribution in [0.2, 0.25) is 0 Å². The van der Waals surface area contributed by atoms with E-state index in [2.05, 4.69) is 10.1 Å². The largest absolute Gasteiger partial charge is 0.509 e. The first kappa shape index (κ1) is 21.3. The summed E-state index contributed by atoms with van der Waals surface area (Å²) in [5.74, 6) is -0.691. The van der Waals surface area contributed by atoms with Gasteiger partial charge >= 0.3 is 6.16 Å². The van der Waals surface area contributed by atoms with Gasteiger partial charge in [-0.15, -0.1) is 0 Å². The molecule has 10 nitrogen and oxygen atoms in total. The second-order valence-electron chi connectivity index (χ2n) is 9.43. The summed E-state index contributed by atoms with van der Waals surface area (Å²) in [5.41, 5.74) is 2.97. The first-order valence-electron chi connectivity index (χ1n) is 10.1.